The number of carbonyl (C=O) groups is 2. The van der Waals surface area contributed by atoms with Crippen LogP contribution < -0.4 is 11.1 Å². The second kappa shape index (κ2) is 5.64. The molecule has 0 fully saturated rings. The van der Waals surface area contributed by atoms with E-state index < -0.39 is 17.6 Å². The van der Waals surface area contributed by atoms with Gasteiger partial charge in [-0.25, -0.2) is 4.79 Å². The van der Waals surface area contributed by atoms with Gasteiger partial charge in [-0.05, 0) is 26.0 Å². The fraction of sp³-hybridized carbons (Fsp3) is 0.385. The summed E-state index contributed by atoms with van der Waals surface area (Å²) < 4.78 is 4.64. The van der Waals surface area contributed by atoms with E-state index in [1.165, 1.54) is 7.11 Å². The minimum atomic E-state index is -0.905. The van der Waals surface area contributed by atoms with Gasteiger partial charge < -0.3 is 15.8 Å². The number of carbonyl (C=O) groups excluding carboxylic acids is 2. The summed E-state index contributed by atoms with van der Waals surface area (Å²) >= 11 is 0. The molecule has 5 heteroatoms. The van der Waals surface area contributed by atoms with Crippen LogP contribution in [0.25, 0.3) is 0 Å². The summed E-state index contributed by atoms with van der Waals surface area (Å²) in [6, 6.07) is 7.72. The van der Waals surface area contributed by atoms with Crippen LogP contribution in [0.2, 0.25) is 0 Å². The summed E-state index contributed by atoms with van der Waals surface area (Å²) in [5.41, 5.74) is 5.43. The van der Waals surface area contributed by atoms with E-state index in [0.717, 1.165) is 0 Å². The van der Waals surface area contributed by atoms with Crippen LogP contribution in [0.1, 0.15) is 24.2 Å². The van der Waals surface area contributed by atoms with Gasteiger partial charge in [0.15, 0.2) is 0 Å². The Morgan fingerprint density at radius 2 is 1.83 bits per heavy atom. The Morgan fingerprint density at radius 1 is 1.28 bits per heavy atom. The Bertz CT molecular complexity index is 424. The second-order valence-corrected chi connectivity index (χ2v) is 4.62. The van der Waals surface area contributed by atoms with E-state index in [0.29, 0.717) is 5.56 Å². The van der Waals surface area contributed by atoms with Crippen molar-refractivity contribution in [1.29, 1.82) is 0 Å². The van der Waals surface area contributed by atoms with Crippen molar-refractivity contribution in [2.75, 3.05) is 7.11 Å². The highest BCUT2D eigenvalue weighted by molar-refractivity contribution is 5.97. The molecule has 0 spiro atoms. The van der Waals surface area contributed by atoms with Crippen molar-refractivity contribution in [3.8, 4) is 0 Å². The number of nitrogens with one attached hydrogen (secondary N) is 1. The summed E-state index contributed by atoms with van der Waals surface area (Å²) in [4.78, 5) is 23.6. The molecule has 0 heterocycles. The van der Waals surface area contributed by atoms with Gasteiger partial charge in [-0.1, -0.05) is 18.2 Å². The van der Waals surface area contributed by atoms with Crippen LogP contribution in [0.5, 0.6) is 0 Å². The predicted molar refractivity (Wildman–Crippen MR) is 68.0 cm³/mol. The van der Waals surface area contributed by atoms with Gasteiger partial charge in [-0.15, -0.1) is 0 Å². The molecule has 0 saturated carbocycles. The molecule has 0 radical (unpaired) electrons. The van der Waals surface area contributed by atoms with Gasteiger partial charge in [-0.2, -0.15) is 0 Å². The maximum atomic E-state index is 11.9. The minimum Gasteiger partial charge on any atom is -0.467 e. The molecule has 1 aromatic carbocycles. The predicted octanol–water partition coefficient (Wildman–Crippen LogP) is 0.695. The van der Waals surface area contributed by atoms with Crippen molar-refractivity contribution in [2.24, 2.45) is 5.73 Å². The van der Waals surface area contributed by atoms with Gasteiger partial charge >= 0.3 is 5.97 Å². The summed E-state index contributed by atoms with van der Waals surface area (Å²) in [5, 5.41) is 2.59. The summed E-state index contributed by atoms with van der Waals surface area (Å²) in [5.74, 6) is -0.920. The highest BCUT2D eigenvalue weighted by atomic mass is 16.5. The zero-order valence-electron chi connectivity index (χ0n) is 10.8. The van der Waals surface area contributed by atoms with E-state index in [1.54, 1.807) is 44.2 Å². The summed E-state index contributed by atoms with van der Waals surface area (Å²) in [6.07, 6.45) is 0. The molecule has 1 rings (SSSR count). The van der Waals surface area contributed by atoms with E-state index in [1.807, 2.05) is 0 Å². The average molecular weight is 250 g/mol. The number of methoxy groups -OCH3 is 1. The number of rotatable bonds is 4. The van der Waals surface area contributed by atoms with Crippen molar-refractivity contribution >= 4 is 11.9 Å². The first-order chi connectivity index (χ1) is 8.36. The van der Waals surface area contributed by atoms with Gasteiger partial charge in [0.25, 0.3) is 5.91 Å². The SMILES string of the molecule is COC(=O)C(NC(=O)c1ccccc1)C(C)(C)N. The Morgan fingerprint density at radius 3 is 2.28 bits per heavy atom. The lowest BCUT2D eigenvalue weighted by molar-refractivity contribution is -0.144. The smallest absolute Gasteiger partial charge is 0.330 e. The zero-order chi connectivity index (χ0) is 13.8. The molecule has 1 aromatic rings. The number of ether oxygens (including phenoxy) is 1. The van der Waals surface area contributed by atoms with Gasteiger partial charge in [0, 0.05) is 11.1 Å². The molecule has 0 aliphatic heterocycles. The first-order valence-electron chi connectivity index (χ1n) is 5.59. The van der Waals surface area contributed by atoms with E-state index in [-0.39, 0.29) is 5.91 Å². The number of hydrogen-bond donors (Lipinski definition) is 2. The number of benzene rings is 1. The van der Waals surface area contributed by atoms with Crippen molar-refractivity contribution in [2.45, 2.75) is 25.4 Å². The molecule has 1 unspecified atom stereocenters. The lowest BCUT2D eigenvalue weighted by Crippen LogP contribution is -2.59. The van der Waals surface area contributed by atoms with E-state index in [9.17, 15) is 9.59 Å². The number of hydrogen-bond acceptors (Lipinski definition) is 4. The molecule has 1 amide bonds. The monoisotopic (exact) mass is 250 g/mol. The van der Waals surface area contributed by atoms with Crippen LogP contribution in [-0.4, -0.2) is 30.6 Å². The average Bonchev–Trinajstić information content (AvgIpc) is 2.34. The molecule has 5 nitrogen and oxygen atoms in total. The molecule has 18 heavy (non-hydrogen) atoms. The molecule has 0 aromatic heterocycles. The molecule has 0 aliphatic rings. The fourth-order valence-electron chi connectivity index (χ4n) is 1.47. The van der Waals surface area contributed by atoms with Crippen LogP contribution in [0.4, 0.5) is 0 Å². The largest absolute Gasteiger partial charge is 0.467 e. The zero-order valence-corrected chi connectivity index (χ0v) is 10.8. The van der Waals surface area contributed by atoms with Crippen molar-refractivity contribution in [1.82, 2.24) is 5.32 Å². The third-order valence-electron chi connectivity index (χ3n) is 2.49. The Balaban J connectivity index is 2.86. The molecule has 1 atom stereocenters. The number of amides is 1. The second-order valence-electron chi connectivity index (χ2n) is 4.62. The van der Waals surface area contributed by atoms with E-state index in [4.69, 9.17) is 5.73 Å². The Kier molecular flexibility index (Phi) is 4.44. The van der Waals surface area contributed by atoms with Crippen LogP contribution in [-0.2, 0) is 9.53 Å². The van der Waals surface area contributed by atoms with E-state index in [2.05, 4.69) is 10.1 Å². The fourth-order valence-corrected chi connectivity index (χ4v) is 1.47. The first kappa shape index (κ1) is 14.2. The third kappa shape index (κ3) is 3.56. The molecule has 3 N–H and O–H groups in total. The summed E-state index contributed by atoms with van der Waals surface area (Å²) in [6.45, 7) is 3.31. The van der Waals surface area contributed by atoms with E-state index >= 15 is 0 Å². The summed E-state index contributed by atoms with van der Waals surface area (Å²) in [7, 11) is 1.26. The maximum Gasteiger partial charge on any atom is 0.330 e. The molecule has 0 aliphatic carbocycles. The maximum absolute atomic E-state index is 11.9. The van der Waals surface area contributed by atoms with Crippen LogP contribution in [0.3, 0.4) is 0 Å². The van der Waals surface area contributed by atoms with Gasteiger partial charge in [0.05, 0.1) is 7.11 Å². The molecular weight excluding hydrogens is 232 g/mol. The third-order valence-corrected chi connectivity index (χ3v) is 2.49. The number of nitrogens with two attached hydrogens (primary N) is 1. The van der Waals surface area contributed by atoms with Crippen molar-refractivity contribution < 1.29 is 14.3 Å². The highest BCUT2D eigenvalue weighted by Crippen LogP contribution is 2.08. The molecule has 98 valence electrons. The Hall–Kier alpha value is -1.88. The van der Waals surface area contributed by atoms with Crippen molar-refractivity contribution in [3.63, 3.8) is 0 Å². The highest BCUT2D eigenvalue weighted by Gasteiger charge is 2.34. The lowest BCUT2D eigenvalue weighted by Gasteiger charge is -2.28. The number of esters is 1. The minimum absolute atomic E-state index is 0.357. The Labute approximate surface area is 106 Å². The van der Waals surface area contributed by atoms with Gasteiger partial charge in [0.1, 0.15) is 6.04 Å². The van der Waals surface area contributed by atoms with Crippen LogP contribution in [0, 0.1) is 0 Å². The molecular formula is C13H18N2O3. The van der Waals surface area contributed by atoms with Crippen LogP contribution >= 0.6 is 0 Å². The topological polar surface area (TPSA) is 81.4 Å². The lowest BCUT2D eigenvalue weighted by atomic mass is 9.95. The standard InChI is InChI=1S/C13H18N2O3/c1-13(2,14)10(12(17)18-3)15-11(16)9-7-5-4-6-8-9/h4-8,10H,14H2,1-3H3,(H,15,16). The van der Waals surface area contributed by atoms with Gasteiger partial charge in [-0.3, -0.25) is 4.79 Å². The van der Waals surface area contributed by atoms with Crippen LogP contribution in [0.15, 0.2) is 30.3 Å². The molecule has 0 saturated heterocycles. The van der Waals surface area contributed by atoms with Crippen molar-refractivity contribution in [3.05, 3.63) is 35.9 Å². The normalized spacial score (nSPS) is 12.7. The molecule has 0 bridgehead atoms. The quantitative estimate of drug-likeness (QED) is 0.770. The van der Waals surface area contributed by atoms with Gasteiger partial charge in [0.2, 0.25) is 0 Å². The first-order valence-corrected chi connectivity index (χ1v) is 5.59.